The molecule has 0 amide bonds. The molecule has 0 fully saturated rings. The standard InChI is InChI=1S/C20H16ClN3/c21-14-10-11-18-17(12-14)15-8-4-5-9-16(15)20(24(18)23)19(22)13-6-2-1-3-7-13/h1-12H,22-23H2/b20-19-. The van der Waals surface area contributed by atoms with Gasteiger partial charge >= 0.3 is 0 Å². The van der Waals surface area contributed by atoms with E-state index in [2.05, 4.69) is 6.07 Å². The Morgan fingerprint density at radius 3 is 2.21 bits per heavy atom. The second-order valence-corrected chi connectivity index (χ2v) is 6.14. The second kappa shape index (κ2) is 5.71. The molecule has 3 nitrogen and oxygen atoms in total. The monoisotopic (exact) mass is 333 g/mol. The summed E-state index contributed by atoms with van der Waals surface area (Å²) in [6.45, 7) is 0. The molecule has 0 radical (unpaired) electrons. The number of anilines is 1. The number of hydrogen-bond donors (Lipinski definition) is 2. The van der Waals surface area contributed by atoms with Crippen molar-refractivity contribution in [1.29, 1.82) is 0 Å². The third-order valence-corrected chi connectivity index (χ3v) is 4.51. The van der Waals surface area contributed by atoms with E-state index in [1.54, 1.807) is 5.01 Å². The topological polar surface area (TPSA) is 55.3 Å². The predicted octanol–water partition coefficient (Wildman–Crippen LogP) is 4.49. The Morgan fingerprint density at radius 1 is 0.792 bits per heavy atom. The van der Waals surface area contributed by atoms with Gasteiger partial charge in [0, 0.05) is 16.1 Å². The number of benzene rings is 3. The van der Waals surface area contributed by atoms with Crippen LogP contribution in [0, 0.1) is 0 Å². The molecule has 0 atom stereocenters. The lowest BCUT2D eigenvalue weighted by Gasteiger charge is -2.32. The molecule has 0 aromatic heterocycles. The Labute approximate surface area is 145 Å². The molecule has 3 aromatic carbocycles. The van der Waals surface area contributed by atoms with E-state index >= 15 is 0 Å². The normalized spacial score (nSPS) is 14.8. The lowest BCUT2D eigenvalue weighted by molar-refractivity contribution is 1.08. The van der Waals surface area contributed by atoms with Crippen LogP contribution < -0.4 is 16.6 Å². The van der Waals surface area contributed by atoms with E-state index in [1.165, 1.54) is 0 Å². The van der Waals surface area contributed by atoms with E-state index in [1.807, 2.05) is 66.7 Å². The maximum absolute atomic E-state index is 6.49. The van der Waals surface area contributed by atoms with Crippen LogP contribution in [0.5, 0.6) is 0 Å². The number of hydrazine groups is 1. The van der Waals surface area contributed by atoms with E-state index in [0.717, 1.165) is 33.6 Å². The molecule has 4 rings (SSSR count). The highest BCUT2D eigenvalue weighted by Gasteiger charge is 2.27. The number of rotatable bonds is 1. The van der Waals surface area contributed by atoms with Crippen molar-refractivity contribution < 1.29 is 0 Å². The van der Waals surface area contributed by atoms with Crippen molar-refractivity contribution in [2.24, 2.45) is 11.6 Å². The molecule has 0 spiro atoms. The SMILES string of the molecule is N/C(=C1/c2ccccc2-c2cc(Cl)ccc2N1N)c1ccccc1. The zero-order valence-electron chi connectivity index (χ0n) is 12.9. The molecule has 4 N–H and O–H groups in total. The van der Waals surface area contributed by atoms with Crippen LogP contribution in [0.2, 0.25) is 5.02 Å². The average Bonchev–Trinajstić information content (AvgIpc) is 2.62. The van der Waals surface area contributed by atoms with Crippen LogP contribution in [-0.4, -0.2) is 0 Å². The summed E-state index contributed by atoms with van der Waals surface area (Å²) in [7, 11) is 0. The fourth-order valence-electron chi connectivity index (χ4n) is 3.14. The maximum Gasteiger partial charge on any atom is 0.0889 e. The van der Waals surface area contributed by atoms with Gasteiger partial charge in [-0.2, -0.15) is 0 Å². The summed E-state index contributed by atoms with van der Waals surface area (Å²) in [5, 5.41) is 2.33. The van der Waals surface area contributed by atoms with Gasteiger partial charge in [-0.15, -0.1) is 0 Å². The van der Waals surface area contributed by atoms with E-state index in [4.69, 9.17) is 23.2 Å². The van der Waals surface area contributed by atoms with Crippen LogP contribution in [0.25, 0.3) is 22.5 Å². The predicted molar refractivity (Wildman–Crippen MR) is 101 cm³/mol. The van der Waals surface area contributed by atoms with E-state index in [-0.39, 0.29) is 0 Å². The highest BCUT2D eigenvalue weighted by Crippen LogP contribution is 2.45. The zero-order valence-corrected chi connectivity index (χ0v) is 13.7. The van der Waals surface area contributed by atoms with Gasteiger partial charge in [-0.25, -0.2) is 5.84 Å². The second-order valence-electron chi connectivity index (χ2n) is 5.71. The van der Waals surface area contributed by atoms with E-state index in [9.17, 15) is 0 Å². The molecule has 1 heterocycles. The van der Waals surface area contributed by atoms with Crippen molar-refractivity contribution >= 4 is 28.7 Å². The Bertz CT molecular complexity index is 948. The van der Waals surface area contributed by atoms with Gasteiger partial charge in [-0.05, 0) is 29.3 Å². The fourth-order valence-corrected chi connectivity index (χ4v) is 3.31. The third kappa shape index (κ3) is 2.26. The highest BCUT2D eigenvalue weighted by molar-refractivity contribution is 6.31. The first-order valence-electron chi connectivity index (χ1n) is 7.66. The summed E-state index contributed by atoms with van der Waals surface area (Å²) in [5.41, 5.74) is 12.8. The summed E-state index contributed by atoms with van der Waals surface area (Å²) >= 11 is 6.19. The van der Waals surface area contributed by atoms with Gasteiger partial charge in [0.05, 0.1) is 17.1 Å². The number of nitrogens with zero attached hydrogens (tertiary/aromatic N) is 1. The van der Waals surface area contributed by atoms with Crippen molar-refractivity contribution in [3.05, 3.63) is 88.9 Å². The Kier molecular flexibility index (Phi) is 3.53. The maximum atomic E-state index is 6.49. The fraction of sp³-hybridized carbons (Fsp3) is 0. The van der Waals surface area contributed by atoms with Crippen molar-refractivity contribution in [3.8, 4) is 11.1 Å². The minimum absolute atomic E-state index is 0.645. The average molecular weight is 334 g/mol. The summed E-state index contributed by atoms with van der Waals surface area (Å²) < 4.78 is 0. The zero-order chi connectivity index (χ0) is 16.7. The van der Waals surface area contributed by atoms with Crippen molar-refractivity contribution in [3.63, 3.8) is 0 Å². The first kappa shape index (κ1) is 14.8. The molecule has 0 aliphatic carbocycles. The Morgan fingerprint density at radius 2 is 1.46 bits per heavy atom. The molecule has 24 heavy (non-hydrogen) atoms. The van der Waals surface area contributed by atoms with Gasteiger partial charge in [0.25, 0.3) is 0 Å². The molecule has 0 saturated carbocycles. The first-order chi connectivity index (χ1) is 11.7. The molecule has 1 aliphatic rings. The quantitative estimate of drug-likeness (QED) is 0.645. The Balaban J connectivity index is 2.03. The Hall–Kier alpha value is -2.75. The summed E-state index contributed by atoms with van der Waals surface area (Å²) in [5.74, 6) is 6.45. The molecule has 0 unspecified atom stereocenters. The number of halogens is 1. The number of nitrogens with two attached hydrogens (primary N) is 2. The van der Waals surface area contributed by atoms with Crippen molar-refractivity contribution in [1.82, 2.24) is 0 Å². The van der Waals surface area contributed by atoms with Gasteiger partial charge < -0.3 is 5.73 Å². The van der Waals surface area contributed by atoms with Crippen molar-refractivity contribution in [2.45, 2.75) is 0 Å². The van der Waals surface area contributed by atoms with Gasteiger partial charge in [0.15, 0.2) is 0 Å². The van der Waals surface area contributed by atoms with Crippen LogP contribution in [0.1, 0.15) is 11.1 Å². The minimum Gasteiger partial charge on any atom is -0.396 e. The summed E-state index contributed by atoms with van der Waals surface area (Å²) in [4.78, 5) is 0. The molecular formula is C20H16ClN3. The van der Waals surface area contributed by atoms with Crippen molar-refractivity contribution in [2.75, 3.05) is 5.01 Å². The molecule has 0 bridgehead atoms. The molecule has 3 aromatic rings. The molecule has 1 aliphatic heterocycles. The smallest absolute Gasteiger partial charge is 0.0889 e. The third-order valence-electron chi connectivity index (χ3n) is 4.27. The van der Waals surface area contributed by atoms with Crippen LogP contribution >= 0.6 is 11.6 Å². The molecular weight excluding hydrogens is 318 g/mol. The van der Waals surface area contributed by atoms with Gasteiger partial charge in [0.2, 0.25) is 0 Å². The van der Waals surface area contributed by atoms with Crippen LogP contribution in [-0.2, 0) is 0 Å². The van der Waals surface area contributed by atoms with E-state index < -0.39 is 0 Å². The van der Waals surface area contributed by atoms with Crippen LogP contribution in [0.15, 0.2) is 72.8 Å². The summed E-state index contributed by atoms with van der Waals surface area (Å²) in [6, 6.07) is 23.6. The van der Waals surface area contributed by atoms with E-state index in [0.29, 0.717) is 10.7 Å². The minimum atomic E-state index is 0.645. The largest absolute Gasteiger partial charge is 0.396 e. The number of hydrogen-bond acceptors (Lipinski definition) is 3. The van der Waals surface area contributed by atoms with Crippen LogP contribution in [0.4, 0.5) is 5.69 Å². The summed E-state index contributed by atoms with van der Waals surface area (Å²) in [6.07, 6.45) is 0. The molecule has 0 saturated heterocycles. The molecule has 118 valence electrons. The first-order valence-corrected chi connectivity index (χ1v) is 8.04. The van der Waals surface area contributed by atoms with Gasteiger partial charge in [-0.1, -0.05) is 66.2 Å². The lowest BCUT2D eigenvalue weighted by atomic mass is 9.90. The lowest BCUT2D eigenvalue weighted by Crippen LogP contribution is -2.33. The van der Waals surface area contributed by atoms with Gasteiger partial charge in [0.1, 0.15) is 0 Å². The number of fused-ring (bicyclic) bond motifs is 3. The van der Waals surface area contributed by atoms with Gasteiger partial charge in [-0.3, -0.25) is 5.01 Å². The van der Waals surface area contributed by atoms with Crippen LogP contribution in [0.3, 0.4) is 0 Å². The molecule has 4 heteroatoms. The highest BCUT2D eigenvalue weighted by atomic mass is 35.5.